The summed E-state index contributed by atoms with van der Waals surface area (Å²) in [6.07, 6.45) is 1.76. The van der Waals surface area contributed by atoms with Crippen LogP contribution in [0.2, 0.25) is 0 Å². The first kappa shape index (κ1) is 16.5. The van der Waals surface area contributed by atoms with E-state index >= 15 is 0 Å². The Bertz CT molecular complexity index is 901. The lowest BCUT2D eigenvalue weighted by molar-refractivity contribution is -0.136. The minimum absolute atomic E-state index is 0.0976. The van der Waals surface area contributed by atoms with Gasteiger partial charge >= 0.3 is 5.97 Å². The minimum atomic E-state index is -0.887. The number of benzene rings is 1. The number of carbonyl (C=O) groups is 1. The van der Waals surface area contributed by atoms with Crippen molar-refractivity contribution in [2.75, 3.05) is 6.61 Å². The van der Waals surface area contributed by atoms with Gasteiger partial charge < -0.3 is 14.2 Å². The van der Waals surface area contributed by atoms with Gasteiger partial charge in [0, 0.05) is 16.2 Å². The number of hydrogen-bond acceptors (Lipinski definition) is 3. The van der Waals surface area contributed by atoms with Crippen LogP contribution in [0.5, 0.6) is 5.75 Å². The molecule has 24 heavy (non-hydrogen) atoms. The predicted octanol–water partition coefficient (Wildman–Crippen LogP) is 4.10. The average Bonchev–Trinajstić information content (AvgIpc) is 2.87. The van der Waals surface area contributed by atoms with Crippen LogP contribution in [-0.4, -0.2) is 27.1 Å². The van der Waals surface area contributed by atoms with Crippen LogP contribution in [0.1, 0.15) is 18.2 Å². The topological polar surface area (TPSA) is 63.8 Å². The largest absolute Gasteiger partial charge is 0.494 e. The lowest BCUT2D eigenvalue weighted by atomic mass is 10.1. The van der Waals surface area contributed by atoms with E-state index in [9.17, 15) is 9.90 Å². The van der Waals surface area contributed by atoms with Crippen molar-refractivity contribution in [3.8, 4) is 17.0 Å². The number of hydrogen-bond donors (Lipinski definition) is 1. The van der Waals surface area contributed by atoms with Crippen LogP contribution in [0.3, 0.4) is 0 Å². The van der Waals surface area contributed by atoms with Crippen LogP contribution in [-0.2, 0) is 11.2 Å². The molecule has 0 amide bonds. The number of halogens is 1. The molecule has 0 bridgehead atoms. The van der Waals surface area contributed by atoms with E-state index in [2.05, 4.69) is 15.9 Å². The Balaban J connectivity index is 2.18. The van der Waals surface area contributed by atoms with Gasteiger partial charge in [0.1, 0.15) is 11.4 Å². The third kappa shape index (κ3) is 3.14. The van der Waals surface area contributed by atoms with Crippen LogP contribution in [0.4, 0.5) is 0 Å². The fourth-order valence-corrected chi connectivity index (χ4v) is 3.28. The number of nitrogens with zero attached hydrogens (tertiary/aromatic N) is 2. The number of carboxylic acids is 1. The van der Waals surface area contributed by atoms with E-state index in [4.69, 9.17) is 9.72 Å². The standard InChI is InChI=1S/C18H17BrN2O3/c1-3-24-14-6-4-12(5-7-14)17-15(9-16(22)23)21-10-13(19)8-11(2)18(21)20-17/h4-8,10H,3,9H2,1-2H3,(H,22,23). The molecule has 0 spiro atoms. The summed E-state index contributed by atoms with van der Waals surface area (Å²) < 4.78 is 8.19. The van der Waals surface area contributed by atoms with Gasteiger partial charge in [0.15, 0.2) is 0 Å². The summed E-state index contributed by atoms with van der Waals surface area (Å²) in [5, 5.41) is 9.30. The van der Waals surface area contributed by atoms with Crippen LogP contribution >= 0.6 is 15.9 Å². The molecule has 0 aliphatic rings. The van der Waals surface area contributed by atoms with Gasteiger partial charge in [-0.15, -0.1) is 0 Å². The van der Waals surface area contributed by atoms with Gasteiger partial charge in [-0.3, -0.25) is 4.79 Å². The maximum Gasteiger partial charge on any atom is 0.309 e. The number of rotatable bonds is 5. The third-order valence-electron chi connectivity index (χ3n) is 3.73. The average molecular weight is 389 g/mol. The van der Waals surface area contributed by atoms with E-state index < -0.39 is 5.97 Å². The summed E-state index contributed by atoms with van der Waals surface area (Å²) in [5.74, 6) is -0.106. The highest BCUT2D eigenvalue weighted by Gasteiger charge is 2.18. The van der Waals surface area contributed by atoms with E-state index in [0.717, 1.165) is 27.0 Å². The molecule has 3 rings (SSSR count). The van der Waals surface area contributed by atoms with Crippen LogP contribution in [0.25, 0.3) is 16.9 Å². The second-order valence-electron chi connectivity index (χ2n) is 5.47. The Morgan fingerprint density at radius 2 is 2.04 bits per heavy atom. The Morgan fingerprint density at radius 3 is 2.67 bits per heavy atom. The number of imidazole rings is 1. The molecule has 0 saturated heterocycles. The smallest absolute Gasteiger partial charge is 0.309 e. The van der Waals surface area contributed by atoms with Gasteiger partial charge in [0.05, 0.1) is 24.4 Å². The predicted molar refractivity (Wildman–Crippen MR) is 95.6 cm³/mol. The van der Waals surface area contributed by atoms with Gasteiger partial charge in [-0.05, 0) is 65.7 Å². The van der Waals surface area contributed by atoms with Crippen molar-refractivity contribution in [1.82, 2.24) is 9.38 Å². The monoisotopic (exact) mass is 388 g/mol. The minimum Gasteiger partial charge on any atom is -0.494 e. The molecule has 5 nitrogen and oxygen atoms in total. The normalized spacial score (nSPS) is 11.0. The number of fused-ring (bicyclic) bond motifs is 1. The first-order chi connectivity index (χ1) is 11.5. The summed E-state index contributed by atoms with van der Waals surface area (Å²) in [4.78, 5) is 16.0. The number of pyridine rings is 1. The zero-order valence-corrected chi connectivity index (χ0v) is 15.0. The highest BCUT2D eigenvalue weighted by Crippen LogP contribution is 2.29. The van der Waals surface area contributed by atoms with Gasteiger partial charge in [0.25, 0.3) is 0 Å². The first-order valence-corrected chi connectivity index (χ1v) is 8.41. The Hall–Kier alpha value is -2.34. The summed E-state index contributed by atoms with van der Waals surface area (Å²) in [5.41, 5.74) is 3.95. The SMILES string of the molecule is CCOc1ccc(-c2nc3c(C)cc(Br)cn3c2CC(=O)O)cc1. The first-order valence-electron chi connectivity index (χ1n) is 7.61. The van der Waals surface area contributed by atoms with E-state index in [0.29, 0.717) is 18.0 Å². The molecule has 124 valence electrons. The van der Waals surface area contributed by atoms with E-state index in [1.54, 1.807) is 0 Å². The summed E-state index contributed by atoms with van der Waals surface area (Å²) in [7, 11) is 0. The van der Waals surface area contributed by atoms with Crippen molar-refractivity contribution in [2.24, 2.45) is 0 Å². The Labute approximate surface area is 148 Å². The number of aryl methyl sites for hydroxylation is 1. The molecular formula is C18H17BrN2O3. The molecule has 6 heteroatoms. The molecule has 0 unspecified atom stereocenters. The van der Waals surface area contributed by atoms with Crippen molar-refractivity contribution in [2.45, 2.75) is 20.3 Å². The lowest BCUT2D eigenvalue weighted by Crippen LogP contribution is -2.05. The molecule has 0 atom stereocenters. The summed E-state index contributed by atoms with van der Waals surface area (Å²) in [6.45, 7) is 4.49. The van der Waals surface area contributed by atoms with Crippen molar-refractivity contribution >= 4 is 27.5 Å². The maximum atomic E-state index is 11.3. The highest BCUT2D eigenvalue weighted by atomic mass is 79.9. The van der Waals surface area contributed by atoms with E-state index in [-0.39, 0.29) is 6.42 Å². The zero-order valence-electron chi connectivity index (χ0n) is 13.4. The van der Waals surface area contributed by atoms with Crippen molar-refractivity contribution in [3.05, 3.63) is 52.3 Å². The quantitative estimate of drug-likeness (QED) is 0.714. The Kier molecular flexibility index (Phi) is 4.57. The van der Waals surface area contributed by atoms with E-state index in [1.165, 1.54) is 0 Å². The number of ether oxygens (including phenoxy) is 1. The molecule has 3 aromatic rings. The van der Waals surface area contributed by atoms with Crippen molar-refractivity contribution in [3.63, 3.8) is 0 Å². The van der Waals surface area contributed by atoms with Crippen molar-refractivity contribution < 1.29 is 14.6 Å². The van der Waals surface area contributed by atoms with Gasteiger partial charge in [-0.25, -0.2) is 4.98 Å². The highest BCUT2D eigenvalue weighted by molar-refractivity contribution is 9.10. The molecule has 0 aliphatic heterocycles. The molecule has 1 N–H and O–H groups in total. The molecule has 2 aromatic heterocycles. The maximum absolute atomic E-state index is 11.3. The van der Waals surface area contributed by atoms with Crippen LogP contribution in [0.15, 0.2) is 41.0 Å². The van der Waals surface area contributed by atoms with Gasteiger partial charge in [0.2, 0.25) is 0 Å². The number of aromatic nitrogens is 2. The molecule has 0 radical (unpaired) electrons. The summed E-state index contributed by atoms with van der Waals surface area (Å²) >= 11 is 3.46. The second kappa shape index (κ2) is 6.65. The Morgan fingerprint density at radius 1 is 1.33 bits per heavy atom. The summed E-state index contributed by atoms with van der Waals surface area (Å²) in [6, 6.07) is 9.52. The molecule has 1 aromatic carbocycles. The molecule has 0 aliphatic carbocycles. The number of aliphatic carboxylic acids is 1. The molecular weight excluding hydrogens is 372 g/mol. The fourth-order valence-electron chi connectivity index (χ4n) is 2.73. The van der Waals surface area contributed by atoms with Gasteiger partial charge in [-0.1, -0.05) is 0 Å². The molecule has 2 heterocycles. The molecule has 0 fully saturated rings. The van der Waals surface area contributed by atoms with Crippen molar-refractivity contribution in [1.29, 1.82) is 0 Å². The lowest BCUT2D eigenvalue weighted by Gasteiger charge is -2.06. The van der Waals surface area contributed by atoms with E-state index in [1.807, 2.05) is 54.8 Å². The van der Waals surface area contributed by atoms with Crippen LogP contribution in [0, 0.1) is 6.92 Å². The van der Waals surface area contributed by atoms with Crippen LogP contribution < -0.4 is 4.74 Å². The zero-order chi connectivity index (χ0) is 17.3. The molecule has 0 saturated carbocycles. The number of carboxylic acid groups (broad SMARTS) is 1. The van der Waals surface area contributed by atoms with Gasteiger partial charge in [-0.2, -0.15) is 0 Å². The third-order valence-corrected chi connectivity index (χ3v) is 4.16. The fraction of sp³-hybridized carbons (Fsp3) is 0.222. The second-order valence-corrected chi connectivity index (χ2v) is 6.39.